The number of amides is 2. The maximum Gasteiger partial charge on any atom is 0.320 e. The third-order valence-corrected chi connectivity index (χ3v) is 4.40. The van der Waals surface area contributed by atoms with Gasteiger partial charge in [-0.05, 0) is 32.9 Å². The van der Waals surface area contributed by atoms with E-state index in [2.05, 4.69) is 4.90 Å². The molecule has 0 spiro atoms. The molecular weight excluding hydrogens is 258 g/mol. The lowest BCUT2D eigenvalue weighted by molar-refractivity contribution is -0.142. The van der Waals surface area contributed by atoms with E-state index in [1.165, 1.54) is 0 Å². The van der Waals surface area contributed by atoms with E-state index in [1.54, 1.807) is 4.90 Å². The summed E-state index contributed by atoms with van der Waals surface area (Å²) in [5.74, 6) is -1.18. The van der Waals surface area contributed by atoms with Gasteiger partial charge in [-0.2, -0.15) is 0 Å². The molecule has 0 radical (unpaired) electrons. The van der Waals surface area contributed by atoms with Crippen LogP contribution in [0.15, 0.2) is 0 Å². The lowest BCUT2D eigenvalue weighted by Crippen LogP contribution is -2.47. The van der Waals surface area contributed by atoms with Crippen molar-refractivity contribution in [1.82, 2.24) is 14.7 Å². The quantitative estimate of drug-likeness (QED) is 0.831. The Hall–Kier alpha value is -1.30. The van der Waals surface area contributed by atoms with Crippen LogP contribution in [0.3, 0.4) is 0 Å². The topological polar surface area (TPSA) is 64.1 Å². The molecule has 0 aromatic rings. The molecule has 114 valence electrons. The summed E-state index contributed by atoms with van der Waals surface area (Å²) in [6.45, 7) is 4.48. The van der Waals surface area contributed by atoms with Crippen molar-refractivity contribution < 1.29 is 14.7 Å². The maximum atomic E-state index is 12.6. The molecule has 0 aromatic carbocycles. The molecule has 2 aliphatic heterocycles. The average Bonchev–Trinajstić information content (AvgIpc) is 2.94. The number of carboxylic acid groups (broad SMARTS) is 1. The van der Waals surface area contributed by atoms with Crippen molar-refractivity contribution in [2.45, 2.75) is 25.8 Å². The van der Waals surface area contributed by atoms with E-state index in [9.17, 15) is 9.59 Å². The second-order valence-corrected chi connectivity index (χ2v) is 6.36. The first-order chi connectivity index (χ1) is 9.40. The summed E-state index contributed by atoms with van der Waals surface area (Å²) in [4.78, 5) is 29.5. The number of likely N-dealkylation sites (N-methyl/N-ethyl adjacent to an activating group) is 1. The van der Waals surface area contributed by atoms with E-state index >= 15 is 0 Å². The van der Waals surface area contributed by atoms with E-state index in [4.69, 9.17) is 5.11 Å². The molecule has 1 N–H and O–H groups in total. The van der Waals surface area contributed by atoms with Gasteiger partial charge in [0.1, 0.15) is 0 Å². The molecule has 2 heterocycles. The molecule has 2 aliphatic rings. The lowest BCUT2D eigenvalue weighted by Gasteiger charge is -2.31. The summed E-state index contributed by atoms with van der Waals surface area (Å²) in [6, 6.07) is 0.279. The van der Waals surface area contributed by atoms with Crippen LogP contribution in [-0.2, 0) is 4.79 Å². The summed E-state index contributed by atoms with van der Waals surface area (Å²) in [5, 5.41) is 9.16. The van der Waals surface area contributed by atoms with Gasteiger partial charge in [0.05, 0.1) is 5.92 Å². The van der Waals surface area contributed by atoms with Crippen LogP contribution in [0, 0.1) is 11.8 Å². The van der Waals surface area contributed by atoms with E-state index < -0.39 is 11.9 Å². The molecule has 3 atom stereocenters. The van der Waals surface area contributed by atoms with Crippen LogP contribution in [0.5, 0.6) is 0 Å². The molecule has 0 bridgehead atoms. The fourth-order valence-corrected chi connectivity index (χ4v) is 3.32. The van der Waals surface area contributed by atoms with Crippen molar-refractivity contribution in [3.63, 3.8) is 0 Å². The Morgan fingerprint density at radius 3 is 2.55 bits per heavy atom. The van der Waals surface area contributed by atoms with Crippen LogP contribution in [-0.4, -0.2) is 78.1 Å². The first kappa shape index (κ1) is 15.1. The van der Waals surface area contributed by atoms with Gasteiger partial charge in [-0.25, -0.2) is 4.79 Å². The minimum atomic E-state index is -0.793. The summed E-state index contributed by atoms with van der Waals surface area (Å²) in [6.07, 6.45) is 2.08. The molecule has 2 amide bonds. The molecule has 2 rings (SSSR count). The van der Waals surface area contributed by atoms with Gasteiger partial charge in [-0.15, -0.1) is 0 Å². The molecule has 1 unspecified atom stereocenters. The number of urea groups is 1. The van der Waals surface area contributed by atoms with Gasteiger partial charge in [-0.3, -0.25) is 4.79 Å². The van der Waals surface area contributed by atoms with Crippen LogP contribution in [0.25, 0.3) is 0 Å². The predicted molar refractivity (Wildman–Crippen MR) is 75.5 cm³/mol. The second kappa shape index (κ2) is 5.99. The van der Waals surface area contributed by atoms with E-state index in [-0.39, 0.29) is 18.0 Å². The van der Waals surface area contributed by atoms with Crippen LogP contribution in [0.1, 0.15) is 19.8 Å². The van der Waals surface area contributed by atoms with Crippen molar-refractivity contribution >= 4 is 12.0 Å². The van der Waals surface area contributed by atoms with Gasteiger partial charge in [-0.1, -0.05) is 6.92 Å². The number of carbonyl (C=O) groups is 2. The molecule has 6 nitrogen and oxygen atoms in total. The van der Waals surface area contributed by atoms with Gasteiger partial charge >= 0.3 is 12.0 Å². The first-order valence-corrected chi connectivity index (χ1v) is 7.33. The fourth-order valence-electron chi connectivity index (χ4n) is 3.32. The zero-order valence-corrected chi connectivity index (χ0v) is 12.6. The van der Waals surface area contributed by atoms with Crippen molar-refractivity contribution in [3.05, 3.63) is 0 Å². The Balaban J connectivity index is 1.99. The normalized spacial score (nSPS) is 30.3. The summed E-state index contributed by atoms with van der Waals surface area (Å²) < 4.78 is 0. The Bertz CT molecular complexity index is 386. The molecule has 20 heavy (non-hydrogen) atoms. The predicted octanol–water partition coefficient (Wildman–Crippen LogP) is 0.785. The largest absolute Gasteiger partial charge is 0.481 e. The van der Waals surface area contributed by atoms with E-state index in [0.717, 1.165) is 25.9 Å². The maximum absolute atomic E-state index is 12.6. The molecule has 0 aromatic heterocycles. The Labute approximate surface area is 120 Å². The third-order valence-electron chi connectivity index (χ3n) is 4.40. The molecule has 6 heteroatoms. The first-order valence-electron chi connectivity index (χ1n) is 7.33. The number of nitrogens with zero attached hydrogens (tertiary/aromatic N) is 3. The fraction of sp³-hybridized carbons (Fsp3) is 0.857. The number of hydrogen-bond acceptors (Lipinski definition) is 3. The minimum Gasteiger partial charge on any atom is -0.481 e. The van der Waals surface area contributed by atoms with Crippen LogP contribution in [0.4, 0.5) is 4.79 Å². The van der Waals surface area contributed by atoms with Gasteiger partial charge in [0, 0.05) is 32.2 Å². The van der Waals surface area contributed by atoms with Crippen molar-refractivity contribution in [1.29, 1.82) is 0 Å². The van der Waals surface area contributed by atoms with Crippen LogP contribution >= 0.6 is 0 Å². The summed E-state index contributed by atoms with van der Waals surface area (Å²) in [5.41, 5.74) is 0. The van der Waals surface area contributed by atoms with Crippen molar-refractivity contribution in [2.75, 3.05) is 40.3 Å². The Kier molecular flexibility index (Phi) is 4.52. The Morgan fingerprint density at radius 2 is 2.00 bits per heavy atom. The monoisotopic (exact) mass is 283 g/mol. The number of aliphatic carboxylic acids is 1. The highest BCUT2D eigenvalue weighted by Crippen LogP contribution is 2.27. The summed E-state index contributed by atoms with van der Waals surface area (Å²) in [7, 11) is 4.03. The zero-order valence-electron chi connectivity index (χ0n) is 12.6. The van der Waals surface area contributed by atoms with Gasteiger partial charge < -0.3 is 19.8 Å². The highest BCUT2D eigenvalue weighted by Gasteiger charge is 2.40. The molecule has 0 saturated carbocycles. The van der Waals surface area contributed by atoms with Gasteiger partial charge in [0.25, 0.3) is 0 Å². The minimum absolute atomic E-state index is 0.0185. The third kappa shape index (κ3) is 3.06. The molecule has 0 aliphatic carbocycles. The smallest absolute Gasteiger partial charge is 0.320 e. The molecular formula is C14H25N3O3. The van der Waals surface area contributed by atoms with Crippen molar-refractivity contribution in [3.8, 4) is 0 Å². The number of likely N-dealkylation sites (tertiary alicyclic amines) is 2. The zero-order chi connectivity index (χ0) is 14.9. The number of hydrogen-bond donors (Lipinski definition) is 1. The highest BCUT2D eigenvalue weighted by atomic mass is 16.4. The summed E-state index contributed by atoms with van der Waals surface area (Å²) >= 11 is 0. The number of rotatable bonds is 3. The van der Waals surface area contributed by atoms with Crippen LogP contribution in [0.2, 0.25) is 0 Å². The van der Waals surface area contributed by atoms with E-state index in [1.807, 2.05) is 25.9 Å². The Morgan fingerprint density at radius 1 is 1.30 bits per heavy atom. The molecule has 2 saturated heterocycles. The second-order valence-electron chi connectivity index (χ2n) is 6.36. The number of carbonyl (C=O) groups excluding carboxylic acids is 1. The standard InChI is InChI=1S/C14H25N3O3/c1-10-7-16(9-12(10)13(18)19)14(20)17-6-4-5-11(17)8-15(2)3/h10-12H,4-9H2,1-3H3,(H,18,19)/t10-,11?,12-/m1/s1. The van der Waals surface area contributed by atoms with Crippen molar-refractivity contribution in [2.24, 2.45) is 11.8 Å². The van der Waals surface area contributed by atoms with Gasteiger partial charge in [0.2, 0.25) is 0 Å². The molecule has 2 fully saturated rings. The van der Waals surface area contributed by atoms with Gasteiger partial charge in [0.15, 0.2) is 0 Å². The SMILES string of the molecule is C[C@@H]1CN(C(=O)N2CCCC2CN(C)C)C[C@H]1C(=O)O. The lowest BCUT2D eigenvalue weighted by atomic mass is 9.99. The van der Waals surface area contributed by atoms with E-state index in [0.29, 0.717) is 13.1 Å². The average molecular weight is 283 g/mol. The van der Waals surface area contributed by atoms with Crippen LogP contribution < -0.4 is 0 Å². The highest BCUT2D eigenvalue weighted by molar-refractivity contribution is 5.78. The number of carboxylic acids is 1.